The Morgan fingerprint density at radius 1 is 0.902 bits per heavy atom. The van der Waals surface area contributed by atoms with E-state index in [9.17, 15) is 0 Å². The van der Waals surface area contributed by atoms with Crippen LogP contribution in [0.4, 0.5) is 5.82 Å². The molecule has 1 aliphatic heterocycles. The van der Waals surface area contributed by atoms with Gasteiger partial charge in [-0.3, -0.25) is 0 Å². The lowest BCUT2D eigenvalue weighted by Crippen LogP contribution is -2.46. The van der Waals surface area contributed by atoms with E-state index in [-0.39, 0.29) is 12.0 Å². The SMILES string of the molecule is C#C[C@@]1(c2ccc3c(N)ncnn23)O[C@H](COCc2ccccc2)[C@@H](Cc2ccccc2)[C@@]1(C)Cc1ccccc1. The van der Waals surface area contributed by atoms with Crippen molar-refractivity contribution < 1.29 is 9.47 Å². The number of hydrogen-bond donors (Lipinski definition) is 1. The third-order valence-corrected chi connectivity index (χ3v) is 8.55. The van der Waals surface area contributed by atoms with E-state index < -0.39 is 11.0 Å². The predicted octanol–water partition coefficient (Wildman–Crippen LogP) is 5.86. The smallest absolute Gasteiger partial charge is 0.177 e. The molecule has 6 nitrogen and oxygen atoms in total. The summed E-state index contributed by atoms with van der Waals surface area (Å²) in [5, 5.41) is 4.57. The Labute approximate surface area is 241 Å². The molecule has 6 heteroatoms. The summed E-state index contributed by atoms with van der Waals surface area (Å²) in [6, 6.07) is 35.1. The Kier molecular flexibility index (Phi) is 7.32. The molecule has 6 rings (SSSR count). The van der Waals surface area contributed by atoms with Gasteiger partial charge in [-0.05, 0) is 41.7 Å². The van der Waals surface area contributed by atoms with Crippen molar-refractivity contribution in [3.05, 3.63) is 132 Å². The van der Waals surface area contributed by atoms with Crippen LogP contribution in [0.5, 0.6) is 0 Å². The van der Waals surface area contributed by atoms with Gasteiger partial charge in [-0.15, -0.1) is 6.42 Å². The summed E-state index contributed by atoms with van der Waals surface area (Å²) < 4.78 is 15.2. The van der Waals surface area contributed by atoms with Crippen molar-refractivity contribution in [2.75, 3.05) is 12.3 Å². The first kappa shape index (κ1) is 26.8. The number of benzene rings is 3. The quantitative estimate of drug-likeness (QED) is 0.236. The number of terminal acetylenes is 1. The van der Waals surface area contributed by atoms with Gasteiger partial charge in [0.25, 0.3) is 0 Å². The van der Waals surface area contributed by atoms with Crippen LogP contribution in [-0.4, -0.2) is 27.3 Å². The maximum Gasteiger partial charge on any atom is 0.177 e. The molecule has 0 amide bonds. The molecule has 41 heavy (non-hydrogen) atoms. The number of rotatable bonds is 9. The van der Waals surface area contributed by atoms with Crippen LogP contribution in [0.3, 0.4) is 0 Å². The van der Waals surface area contributed by atoms with Gasteiger partial charge in [0.05, 0.1) is 25.0 Å². The molecule has 3 aromatic carbocycles. The molecule has 0 spiro atoms. The topological polar surface area (TPSA) is 74.7 Å². The summed E-state index contributed by atoms with van der Waals surface area (Å²) in [5.41, 5.74) is 9.60. The maximum atomic E-state index is 7.12. The molecule has 206 valence electrons. The molecule has 0 unspecified atom stereocenters. The van der Waals surface area contributed by atoms with E-state index in [1.165, 1.54) is 17.5 Å². The van der Waals surface area contributed by atoms with E-state index in [1.807, 2.05) is 42.5 Å². The molecule has 1 fully saturated rings. The first-order chi connectivity index (χ1) is 20.0. The molecule has 0 radical (unpaired) electrons. The monoisotopic (exact) mass is 542 g/mol. The Hall–Kier alpha value is -4.44. The Morgan fingerprint density at radius 3 is 2.20 bits per heavy atom. The normalized spacial score (nSPS) is 23.9. The average molecular weight is 543 g/mol. The van der Waals surface area contributed by atoms with E-state index >= 15 is 0 Å². The number of hydrogen-bond acceptors (Lipinski definition) is 5. The van der Waals surface area contributed by atoms with Gasteiger partial charge in [-0.2, -0.15) is 5.10 Å². The minimum atomic E-state index is -1.11. The zero-order chi connectivity index (χ0) is 28.3. The first-order valence-corrected chi connectivity index (χ1v) is 14.0. The van der Waals surface area contributed by atoms with Gasteiger partial charge in [0.1, 0.15) is 11.8 Å². The second-order valence-corrected chi connectivity index (χ2v) is 11.0. The summed E-state index contributed by atoms with van der Waals surface area (Å²) in [5.74, 6) is 3.58. The van der Waals surface area contributed by atoms with E-state index in [1.54, 1.807) is 4.52 Å². The van der Waals surface area contributed by atoms with Crippen LogP contribution in [0.2, 0.25) is 0 Å². The van der Waals surface area contributed by atoms with Gasteiger partial charge in [0.2, 0.25) is 0 Å². The van der Waals surface area contributed by atoms with Gasteiger partial charge in [0, 0.05) is 11.3 Å². The molecule has 1 saturated heterocycles. The Balaban J connectivity index is 1.47. The Bertz CT molecular complexity index is 1650. The molecular weight excluding hydrogens is 508 g/mol. The van der Waals surface area contributed by atoms with Crippen molar-refractivity contribution in [2.24, 2.45) is 11.3 Å². The molecule has 3 heterocycles. The zero-order valence-corrected chi connectivity index (χ0v) is 23.2. The van der Waals surface area contributed by atoms with Crippen LogP contribution in [0.1, 0.15) is 29.3 Å². The molecule has 1 aliphatic rings. The number of nitrogens with two attached hydrogens (primary N) is 1. The third-order valence-electron chi connectivity index (χ3n) is 8.55. The Morgan fingerprint density at radius 2 is 1.54 bits per heavy atom. The summed E-state index contributed by atoms with van der Waals surface area (Å²) in [7, 11) is 0. The van der Waals surface area contributed by atoms with Crippen LogP contribution in [0, 0.1) is 23.7 Å². The predicted molar refractivity (Wildman–Crippen MR) is 161 cm³/mol. The van der Waals surface area contributed by atoms with E-state index in [0.29, 0.717) is 31.0 Å². The van der Waals surface area contributed by atoms with Crippen LogP contribution in [-0.2, 0) is 34.5 Å². The van der Waals surface area contributed by atoms with Gasteiger partial charge >= 0.3 is 0 Å². The summed E-state index contributed by atoms with van der Waals surface area (Å²) in [6.45, 7) is 3.16. The fourth-order valence-electron chi connectivity index (χ4n) is 6.48. The van der Waals surface area contributed by atoms with Gasteiger partial charge in [-0.1, -0.05) is 104 Å². The molecule has 0 bridgehead atoms. The van der Waals surface area contributed by atoms with Gasteiger partial charge < -0.3 is 15.2 Å². The van der Waals surface area contributed by atoms with Gasteiger partial charge in [-0.25, -0.2) is 9.50 Å². The number of anilines is 1. The lowest BCUT2D eigenvalue weighted by atomic mass is 9.61. The number of ether oxygens (including phenoxy) is 2. The molecule has 2 N–H and O–H groups in total. The van der Waals surface area contributed by atoms with E-state index in [2.05, 4.69) is 83.6 Å². The van der Waals surface area contributed by atoms with Crippen molar-refractivity contribution in [3.8, 4) is 12.3 Å². The maximum absolute atomic E-state index is 7.12. The second kappa shape index (κ2) is 11.2. The third kappa shape index (κ3) is 4.88. The minimum Gasteiger partial charge on any atom is -0.382 e. The highest BCUT2D eigenvalue weighted by Gasteiger charge is 2.63. The van der Waals surface area contributed by atoms with E-state index in [0.717, 1.165) is 17.7 Å². The van der Waals surface area contributed by atoms with Crippen molar-refractivity contribution >= 4 is 11.3 Å². The fourth-order valence-corrected chi connectivity index (χ4v) is 6.48. The van der Waals surface area contributed by atoms with Crippen LogP contribution >= 0.6 is 0 Å². The minimum absolute atomic E-state index is 0.0293. The fraction of sp³-hybridized carbons (Fsp3) is 0.257. The lowest BCUT2D eigenvalue weighted by Gasteiger charge is -2.41. The molecule has 0 aliphatic carbocycles. The van der Waals surface area contributed by atoms with Crippen molar-refractivity contribution in [3.63, 3.8) is 0 Å². The van der Waals surface area contributed by atoms with Crippen LogP contribution in [0.15, 0.2) is 109 Å². The number of nitrogen functional groups attached to an aromatic ring is 1. The highest BCUT2D eigenvalue weighted by molar-refractivity contribution is 5.66. The molecule has 5 aromatic rings. The van der Waals surface area contributed by atoms with Crippen molar-refractivity contribution in [1.82, 2.24) is 14.6 Å². The summed E-state index contributed by atoms with van der Waals surface area (Å²) in [4.78, 5) is 4.19. The highest BCUT2D eigenvalue weighted by Crippen LogP contribution is 2.58. The van der Waals surface area contributed by atoms with Crippen molar-refractivity contribution in [1.29, 1.82) is 0 Å². The lowest BCUT2D eigenvalue weighted by molar-refractivity contribution is -0.0756. The molecule has 4 atom stereocenters. The first-order valence-electron chi connectivity index (χ1n) is 14.0. The zero-order valence-electron chi connectivity index (χ0n) is 23.2. The molecule has 0 saturated carbocycles. The average Bonchev–Trinajstić information content (AvgIpc) is 3.54. The van der Waals surface area contributed by atoms with Crippen LogP contribution in [0.25, 0.3) is 5.52 Å². The van der Waals surface area contributed by atoms with E-state index in [4.69, 9.17) is 21.6 Å². The summed E-state index contributed by atoms with van der Waals surface area (Å²) >= 11 is 0. The standard InChI is InChI=1S/C35H34N4O2/c1-3-35(32-20-19-30-33(36)37-25-38-39(30)32)34(2,22-27-15-9-5-10-16-27)29(21-26-13-7-4-8-14-26)31(41-35)24-40-23-28-17-11-6-12-18-28/h1,4-20,25,29,31H,21-24H2,2H3,(H2,36,37,38)/t29-,31-,34-,35+/m1/s1. The largest absolute Gasteiger partial charge is 0.382 e. The number of nitrogens with zero attached hydrogens (tertiary/aromatic N) is 3. The van der Waals surface area contributed by atoms with Crippen LogP contribution < -0.4 is 5.73 Å². The van der Waals surface area contributed by atoms with Crippen molar-refractivity contribution in [2.45, 2.75) is 38.1 Å². The highest BCUT2D eigenvalue weighted by atomic mass is 16.6. The molecule has 2 aromatic heterocycles. The number of fused-ring (bicyclic) bond motifs is 1. The summed E-state index contributed by atoms with van der Waals surface area (Å²) in [6.07, 6.45) is 9.23. The second-order valence-electron chi connectivity index (χ2n) is 11.0. The van der Waals surface area contributed by atoms with Gasteiger partial charge in [0.15, 0.2) is 11.4 Å². The molecular formula is C35H34N4O2. The number of aromatic nitrogens is 3.